The number of rotatable bonds is 2. The maximum absolute atomic E-state index is 11.2. The van der Waals surface area contributed by atoms with Crippen molar-refractivity contribution in [2.45, 2.75) is 6.54 Å². The van der Waals surface area contributed by atoms with E-state index >= 15 is 0 Å². The van der Waals surface area contributed by atoms with E-state index in [0.717, 1.165) is 11.3 Å². The van der Waals surface area contributed by atoms with Crippen LogP contribution in [0, 0.1) is 0 Å². The third kappa shape index (κ3) is 1.45. The van der Waals surface area contributed by atoms with Gasteiger partial charge in [0.25, 0.3) is 0 Å². The predicted molar refractivity (Wildman–Crippen MR) is 52.1 cm³/mol. The van der Waals surface area contributed by atoms with E-state index in [1.807, 2.05) is 24.3 Å². The number of benzene rings is 1. The van der Waals surface area contributed by atoms with Gasteiger partial charge in [0.1, 0.15) is 6.33 Å². The molecule has 0 saturated heterocycles. The molecule has 0 aliphatic carbocycles. The van der Waals surface area contributed by atoms with Gasteiger partial charge in [-0.2, -0.15) is 5.10 Å². The van der Waals surface area contributed by atoms with Crippen molar-refractivity contribution in [3.63, 3.8) is 0 Å². The quantitative estimate of drug-likeness (QED) is 0.700. The third-order valence-corrected chi connectivity index (χ3v) is 1.98. The van der Waals surface area contributed by atoms with Crippen molar-refractivity contribution < 1.29 is 0 Å². The molecule has 1 aromatic heterocycles. The molecule has 0 unspecified atom stereocenters. The number of aromatic nitrogens is 3. The second-order valence-electron chi connectivity index (χ2n) is 2.91. The molecular weight excluding hydrogens is 180 g/mol. The van der Waals surface area contributed by atoms with Crippen molar-refractivity contribution in [3.8, 4) is 5.69 Å². The third-order valence-electron chi connectivity index (χ3n) is 1.98. The van der Waals surface area contributed by atoms with Gasteiger partial charge in [-0.25, -0.2) is 14.5 Å². The van der Waals surface area contributed by atoms with E-state index in [0.29, 0.717) is 6.54 Å². The van der Waals surface area contributed by atoms with Gasteiger partial charge in [0.15, 0.2) is 0 Å². The molecule has 1 aromatic carbocycles. The van der Waals surface area contributed by atoms with Crippen molar-refractivity contribution in [2.24, 2.45) is 5.73 Å². The number of nitrogens with two attached hydrogens (primary N) is 1. The van der Waals surface area contributed by atoms with E-state index < -0.39 is 0 Å². The largest absolute Gasteiger partial charge is 0.347 e. The zero-order valence-corrected chi connectivity index (χ0v) is 7.47. The molecule has 0 spiro atoms. The minimum Gasteiger partial charge on any atom is -0.326 e. The summed E-state index contributed by atoms with van der Waals surface area (Å²) >= 11 is 0. The molecule has 0 atom stereocenters. The number of aromatic amines is 1. The van der Waals surface area contributed by atoms with Gasteiger partial charge in [-0.05, 0) is 17.7 Å². The first kappa shape index (κ1) is 8.71. The molecular formula is C9H10N4O. The Morgan fingerprint density at radius 1 is 1.50 bits per heavy atom. The molecule has 5 heteroatoms. The number of hydrogen-bond donors (Lipinski definition) is 2. The maximum Gasteiger partial charge on any atom is 0.347 e. The summed E-state index contributed by atoms with van der Waals surface area (Å²) in [5.41, 5.74) is 7.00. The van der Waals surface area contributed by atoms with E-state index in [2.05, 4.69) is 10.2 Å². The first-order valence-corrected chi connectivity index (χ1v) is 4.22. The van der Waals surface area contributed by atoms with Crippen molar-refractivity contribution in [2.75, 3.05) is 0 Å². The standard InChI is InChI=1S/C9H10N4O/c10-5-7-2-1-3-8(4-7)13-6-11-12-9(13)14/h1-4,6H,5,10H2,(H,12,14). The summed E-state index contributed by atoms with van der Waals surface area (Å²) in [6.45, 7) is 0.459. The molecule has 0 radical (unpaired) electrons. The minimum absolute atomic E-state index is 0.251. The summed E-state index contributed by atoms with van der Waals surface area (Å²) in [6, 6.07) is 7.46. The van der Waals surface area contributed by atoms with E-state index in [1.54, 1.807) is 0 Å². The van der Waals surface area contributed by atoms with Gasteiger partial charge in [0.2, 0.25) is 0 Å². The SMILES string of the molecule is NCc1cccc(-n2cn[nH]c2=O)c1. The van der Waals surface area contributed by atoms with Crippen LogP contribution in [0.5, 0.6) is 0 Å². The minimum atomic E-state index is -0.251. The second-order valence-corrected chi connectivity index (χ2v) is 2.91. The molecule has 0 aliphatic heterocycles. The normalized spacial score (nSPS) is 10.4. The molecule has 72 valence electrons. The lowest BCUT2D eigenvalue weighted by molar-refractivity contribution is 0.972. The lowest BCUT2D eigenvalue weighted by atomic mass is 10.2. The molecule has 0 saturated carbocycles. The van der Waals surface area contributed by atoms with Gasteiger partial charge in [-0.3, -0.25) is 0 Å². The molecule has 0 amide bonds. The zero-order valence-electron chi connectivity index (χ0n) is 7.47. The maximum atomic E-state index is 11.2. The Morgan fingerprint density at radius 2 is 2.36 bits per heavy atom. The second kappa shape index (κ2) is 3.47. The van der Waals surface area contributed by atoms with Crippen LogP contribution in [0.1, 0.15) is 5.56 Å². The predicted octanol–water partition coefficient (Wildman–Crippen LogP) is 0.0193. The van der Waals surface area contributed by atoms with Crippen LogP contribution in [-0.4, -0.2) is 14.8 Å². The molecule has 1 heterocycles. The van der Waals surface area contributed by atoms with Crippen LogP contribution in [-0.2, 0) is 6.54 Å². The van der Waals surface area contributed by atoms with E-state index in [9.17, 15) is 4.79 Å². The van der Waals surface area contributed by atoms with Gasteiger partial charge in [0, 0.05) is 6.54 Å². The molecule has 14 heavy (non-hydrogen) atoms. The van der Waals surface area contributed by atoms with Crippen molar-refractivity contribution in [3.05, 3.63) is 46.6 Å². The van der Waals surface area contributed by atoms with Crippen LogP contribution >= 0.6 is 0 Å². The van der Waals surface area contributed by atoms with Crippen LogP contribution in [0.15, 0.2) is 35.4 Å². The highest BCUT2D eigenvalue weighted by Gasteiger charge is 2.00. The average Bonchev–Trinajstić information content (AvgIpc) is 2.65. The molecule has 0 aliphatic rings. The summed E-state index contributed by atoms with van der Waals surface area (Å²) in [5.74, 6) is 0. The average molecular weight is 190 g/mol. The molecule has 0 fully saturated rings. The lowest BCUT2D eigenvalue weighted by Crippen LogP contribution is -2.14. The van der Waals surface area contributed by atoms with E-state index in [1.165, 1.54) is 10.9 Å². The number of H-pyrrole nitrogens is 1. The first-order valence-electron chi connectivity index (χ1n) is 4.22. The highest BCUT2D eigenvalue weighted by molar-refractivity contribution is 5.35. The fraction of sp³-hybridized carbons (Fsp3) is 0.111. The van der Waals surface area contributed by atoms with Crippen molar-refractivity contribution in [1.29, 1.82) is 0 Å². The van der Waals surface area contributed by atoms with Crippen LogP contribution in [0.2, 0.25) is 0 Å². The number of hydrogen-bond acceptors (Lipinski definition) is 3. The Kier molecular flexibility index (Phi) is 2.16. The smallest absolute Gasteiger partial charge is 0.326 e. The van der Waals surface area contributed by atoms with Crippen LogP contribution < -0.4 is 11.4 Å². The van der Waals surface area contributed by atoms with Crippen molar-refractivity contribution >= 4 is 0 Å². The Balaban J connectivity index is 2.52. The van der Waals surface area contributed by atoms with Crippen LogP contribution in [0.25, 0.3) is 5.69 Å². The summed E-state index contributed by atoms with van der Waals surface area (Å²) < 4.78 is 1.43. The fourth-order valence-electron chi connectivity index (χ4n) is 1.27. The van der Waals surface area contributed by atoms with Gasteiger partial charge in [-0.1, -0.05) is 12.1 Å². The molecule has 2 rings (SSSR count). The van der Waals surface area contributed by atoms with E-state index in [-0.39, 0.29) is 5.69 Å². The van der Waals surface area contributed by atoms with Gasteiger partial charge < -0.3 is 5.73 Å². The van der Waals surface area contributed by atoms with Gasteiger partial charge in [0.05, 0.1) is 5.69 Å². The van der Waals surface area contributed by atoms with E-state index in [4.69, 9.17) is 5.73 Å². The summed E-state index contributed by atoms with van der Waals surface area (Å²) in [5, 5.41) is 5.98. The summed E-state index contributed by atoms with van der Waals surface area (Å²) in [4.78, 5) is 11.2. The lowest BCUT2D eigenvalue weighted by Gasteiger charge is -2.01. The van der Waals surface area contributed by atoms with Crippen LogP contribution in [0.4, 0.5) is 0 Å². The highest BCUT2D eigenvalue weighted by atomic mass is 16.1. The Morgan fingerprint density at radius 3 is 3.00 bits per heavy atom. The summed E-state index contributed by atoms with van der Waals surface area (Å²) in [7, 11) is 0. The molecule has 5 nitrogen and oxygen atoms in total. The molecule has 3 N–H and O–H groups in total. The fourth-order valence-corrected chi connectivity index (χ4v) is 1.27. The topological polar surface area (TPSA) is 76.7 Å². The molecule has 0 bridgehead atoms. The highest BCUT2D eigenvalue weighted by Crippen LogP contribution is 2.07. The van der Waals surface area contributed by atoms with Gasteiger partial charge >= 0.3 is 5.69 Å². The number of nitrogens with one attached hydrogen (secondary N) is 1. The van der Waals surface area contributed by atoms with Gasteiger partial charge in [-0.15, -0.1) is 0 Å². The Bertz CT molecular complexity index is 485. The summed E-state index contributed by atoms with van der Waals surface area (Å²) in [6.07, 6.45) is 1.44. The zero-order chi connectivity index (χ0) is 9.97. The Hall–Kier alpha value is -1.88. The Labute approximate surface area is 80.2 Å². The first-order chi connectivity index (χ1) is 6.81. The number of nitrogens with zero attached hydrogens (tertiary/aromatic N) is 2. The van der Waals surface area contributed by atoms with Crippen molar-refractivity contribution in [1.82, 2.24) is 14.8 Å². The molecule has 2 aromatic rings. The monoisotopic (exact) mass is 190 g/mol. The van der Waals surface area contributed by atoms with Crippen LogP contribution in [0.3, 0.4) is 0 Å².